The molecule has 4 nitrogen and oxygen atoms in total. The molecule has 0 fully saturated rings. The first-order chi connectivity index (χ1) is 11.2. The summed E-state index contributed by atoms with van der Waals surface area (Å²) in [6.07, 6.45) is 0.470. The van der Waals surface area contributed by atoms with E-state index in [1.807, 2.05) is 49.4 Å². The van der Waals surface area contributed by atoms with Crippen LogP contribution in [0.3, 0.4) is 0 Å². The highest BCUT2D eigenvalue weighted by Crippen LogP contribution is 2.38. The predicted octanol–water partition coefficient (Wildman–Crippen LogP) is 3.88. The van der Waals surface area contributed by atoms with Crippen LogP contribution in [0, 0.1) is 0 Å². The summed E-state index contributed by atoms with van der Waals surface area (Å²) in [7, 11) is 3.32. The number of rotatable bonds is 5. The maximum absolute atomic E-state index is 5.97. The summed E-state index contributed by atoms with van der Waals surface area (Å²) in [5.74, 6) is 1.48. The van der Waals surface area contributed by atoms with Gasteiger partial charge in [0.05, 0.1) is 13.2 Å². The highest BCUT2D eigenvalue weighted by molar-refractivity contribution is 5.49. The number of methoxy groups -OCH3 is 2. The average Bonchev–Trinajstić information content (AvgIpc) is 2.60. The summed E-state index contributed by atoms with van der Waals surface area (Å²) in [5.41, 5.74) is 3.43. The fourth-order valence-corrected chi connectivity index (χ4v) is 2.85. The fourth-order valence-electron chi connectivity index (χ4n) is 2.85. The molecule has 122 valence electrons. The van der Waals surface area contributed by atoms with Crippen molar-refractivity contribution in [1.82, 2.24) is 0 Å². The molecule has 0 aromatic heterocycles. The molecule has 2 aromatic rings. The Labute approximate surface area is 136 Å². The molecule has 2 atom stereocenters. The first-order valence-corrected chi connectivity index (χ1v) is 7.77. The van der Waals surface area contributed by atoms with Gasteiger partial charge in [0.25, 0.3) is 0 Å². The van der Waals surface area contributed by atoms with Crippen LogP contribution in [0.2, 0.25) is 0 Å². The standard InChI is InChI=1S/C19H22O4/c1-13-16-11-18(22-12-14-7-5-4-6-8-14)17(20-2)9-15(16)10-19(21-3)23-13/h4-9,11,13,19H,10,12H2,1-3H3/t13-,19+/m0/s1. The molecule has 0 bridgehead atoms. The van der Waals surface area contributed by atoms with Crippen molar-refractivity contribution in [2.45, 2.75) is 32.3 Å². The van der Waals surface area contributed by atoms with Crippen molar-refractivity contribution in [2.75, 3.05) is 14.2 Å². The van der Waals surface area contributed by atoms with Gasteiger partial charge in [-0.15, -0.1) is 0 Å². The monoisotopic (exact) mass is 314 g/mol. The second kappa shape index (κ2) is 7.02. The zero-order valence-electron chi connectivity index (χ0n) is 13.7. The number of hydrogen-bond acceptors (Lipinski definition) is 4. The Morgan fingerprint density at radius 1 is 1.09 bits per heavy atom. The molecule has 0 saturated heterocycles. The van der Waals surface area contributed by atoms with Crippen LogP contribution in [0.4, 0.5) is 0 Å². The molecule has 23 heavy (non-hydrogen) atoms. The van der Waals surface area contributed by atoms with Gasteiger partial charge < -0.3 is 18.9 Å². The Hall–Kier alpha value is -2.04. The van der Waals surface area contributed by atoms with Crippen LogP contribution in [0.15, 0.2) is 42.5 Å². The highest BCUT2D eigenvalue weighted by Gasteiger charge is 2.26. The summed E-state index contributed by atoms with van der Waals surface area (Å²) in [6, 6.07) is 14.1. The van der Waals surface area contributed by atoms with Crippen LogP contribution < -0.4 is 9.47 Å². The third-order valence-electron chi connectivity index (χ3n) is 4.11. The molecule has 1 heterocycles. The van der Waals surface area contributed by atoms with Crippen molar-refractivity contribution in [1.29, 1.82) is 0 Å². The van der Waals surface area contributed by atoms with E-state index >= 15 is 0 Å². The van der Waals surface area contributed by atoms with E-state index in [1.165, 1.54) is 5.56 Å². The molecule has 0 saturated carbocycles. The molecule has 4 heteroatoms. The van der Waals surface area contributed by atoms with E-state index in [4.69, 9.17) is 18.9 Å². The molecular weight excluding hydrogens is 292 g/mol. The second-order valence-electron chi connectivity index (χ2n) is 5.62. The van der Waals surface area contributed by atoms with Crippen molar-refractivity contribution in [3.05, 3.63) is 59.2 Å². The lowest BCUT2D eigenvalue weighted by atomic mass is 9.96. The Morgan fingerprint density at radius 2 is 1.87 bits per heavy atom. The Bertz CT molecular complexity index is 654. The van der Waals surface area contributed by atoms with E-state index in [0.29, 0.717) is 13.0 Å². The molecule has 2 aromatic carbocycles. The number of hydrogen-bond donors (Lipinski definition) is 0. The van der Waals surface area contributed by atoms with E-state index in [-0.39, 0.29) is 12.4 Å². The van der Waals surface area contributed by atoms with Crippen LogP contribution in [-0.4, -0.2) is 20.5 Å². The predicted molar refractivity (Wildman–Crippen MR) is 87.8 cm³/mol. The molecule has 1 aliphatic rings. The van der Waals surface area contributed by atoms with Gasteiger partial charge in [0.1, 0.15) is 6.61 Å². The van der Waals surface area contributed by atoms with E-state index in [2.05, 4.69) is 0 Å². The molecule has 0 amide bonds. The van der Waals surface area contributed by atoms with E-state index < -0.39 is 0 Å². The first-order valence-electron chi connectivity index (χ1n) is 7.77. The molecule has 0 aliphatic carbocycles. The molecule has 1 aliphatic heterocycles. The second-order valence-corrected chi connectivity index (χ2v) is 5.62. The maximum Gasteiger partial charge on any atom is 0.162 e. The van der Waals surface area contributed by atoms with Crippen molar-refractivity contribution >= 4 is 0 Å². The van der Waals surface area contributed by atoms with Crippen LogP contribution in [-0.2, 0) is 22.5 Å². The maximum atomic E-state index is 5.97. The van der Waals surface area contributed by atoms with E-state index in [0.717, 1.165) is 22.6 Å². The number of ether oxygens (including phenoxy) is 4. The summed E-state index contributed by atoms with van der Waals surface area (Å²) in [5, 5.41) is 0. The quantitative estimate of drug-likeness (QED) is 0.839. The van der Waals surface area contributed by atoms with Gasteiger partial charge >= 0.3 is 0 Å². The molecule has 3 rings (SSSR count). The third-order valence-corrected chi connectivity index (χ3v) is 4.11. The Balaban J connectivity index is 1.84. The topological polar surface area (TPSA) is 36.9 Å². The van der Waals surface area contributed by atoms with Gasteiger partial charge in [-0.25, -0.2) is 0 Å². The molecule has 0 spiro atoms. The van der Waals surface area contributed by atoms with Gasteiger partial charge in [-0.05, 0) is 35.7 Å². The molecule has 0 unspecified atom stereocenters. The van der Waals surface area contributed by atoms with Crippen molar-refractivity contribution in [3.63, 3.8) is 0 Å². The van der Waals surface area contributed by atoms with Gasteiger partial charge in [0.15, 0.2) is 17.8 Å². The lowest BCUT2D eigenvalue weighted by molar-refractivity contribution is -0.159. The third kappa shape index (κ3) is 3.49. The lowest BCUT2D eigenvalue weighted by Crippen LogP contribution is -2.26. The van der Waals surface area contributed by atoms with Crippen LogP contribution in [0.25, 0.3) is 0 Å². The summed E-state index contributed by atoms with van der Waals surface area (Å²) in [6.45, 7) is 2.53. The zero-order chi connectivity index (χ0) is 16.2. The SMILES string of the molecule is COc1cc2c(cc1OCc1ccccc1)[C@H](C)O[C@@H](OC)C2. The first kappa shape index (κ1) is 15.8. The number of fused-ring (bicyclic) bond motifs is 1. The summed E-state index contributed by atoms with van der Waals surface area (Å²) >= 11 is 0. The van der Waals surface area contributed by atoms with E-state index in [1.54, 1.807) is 14.2 Å². The van der Waals surface area contributed by atoms with Crippen molar-refractivity contribution in [2.24, 2.45) is 0 Å². The lowest BCUT2D eigenvalue weighted by Gasteiger charge is -2.30. The van der Waals surface area contributed by atoms with Crippen molar-refractivity contribution in [3.8, 4) is 11.5 Å². The summed E-state index contributed by atoms with van der Waals surface area (Å²) < 4.78 is 22.6. The largest absolute Gasteiger partial charge is 0.493 e. The molecular formula is C19H22O4. The van der Waals surface area contributed by atoms with Crippen LogP contribution in [0.5, 0.6) is 11.5 Å². The van der Waals surface area contributed by atoms with Crippen LogP contribution in [0.1, 0.15) is 29.7 Å². The minimum atomic E-state index is -0.210. The normalized spacial score (nSPS) is 20.0. The fraction of sp³-hybridized carbons (Fsp3) is 0.368. The van der Waals surface area contributed by atoms with Gasteiger partial charge in [0, 0.05) is 13.5 Å². The smallest absolute Gasteiger partial charge is 0.162 e. The summed E-state index contributed by atoms with van der Waals surface area (Å²) in [4.78, 5) is 0. The number of benzene rings is 2. The van der Waals surface area contributed by atoms with Gasteiger partial charge in [-0.3, -0.25) is 0 Å². The minimum absolute atomic E-state index is 0.0336. The van der Waals surface area contributed by atoms with Gasteiger partial charge in [-0.1, -0.05) is 30.3 Å². The van der Waals surface area contributed by atoms with Crippen molar-refractivity contribution < 1.29 is 18.9 Å². The molecule has 0 radical (unpaired) electrons. The van der Waals surface area contributed by atoms with E-state index in [9.17, 15) is 0 Å². The Morgan fingerprint density at radius 3 is 2.57 bits per heavy atom. The average molecular weight is 314 g/mol. The molecule has 0 N–H and O–H groups in total. The van der Waals surface area contributed by atoms with Crippen LogP contribution >= 0.6 is 0 Å². The van der Waals surface area contributed by atoms with Gasteiger partial charge in [-0.2, -0.15) is 0 Å². The highest BCUT2D eigenvalue weighted by atomic mass is 16.7. The zero-order valence-corrected chi connectivity index (χ0v) is 13.7. The minimum Gasteiger partial charge on any atom is -0.493 e. The van der Waals surface area contributed by atoms with Gasteiger partial charge in [0.2, 0.25) is 0 Å². The Kier molecular flexibility index (Phi) is 4.84.